The van der Waals surface area contributed by atoms with Crippen LogP contribution in [-0.4, -0.2) is 23.7 Å². The first kappa shape index (κ1) is 14.7. The van der Waals surface area contributed by atoms with Gasteiger partial charge in [0.25, 0.3) is 0 Å². The summed E-state index contributed by atoms with van der Waals surface area (Å²) in [6, 6.07) is 6.91. The van der Waals surface area contributed by atoms with E-state index in [2.05, 4.69) is 0 Å². The van der Waals surface area contributed by atoms with E-state index in [0.717, 1.165) is 5.56 Å². The van der Waals surface area contributed by atoms with Crippen molar-refractivity contribution in [1.82, 2.24) is 0 Å². The van der Waals surface area contributed by atoms with Crippen LogP contribution in [0.4, 0.5) is 0 Å². The van der Waals surface area contributed by atoms with E-state index < -0.39 is 5.97 Å². The summed E-state index contributed by atoms with van der Waals surface area (Å²) < 4.78 is 4.86. The molecule has 5 nitrogen and oxygen atoms in total. The molecule has 0 fully saturated rings. The fourth-order valence-electron chi connectivity index (χ4n) is 1.71. The molecule has 0 aliphatic rings. The van der Waals surface area contributed by atoms with Crippen LogP contribution < -0.4 is 0 Å². The number of benzene rings is 1. The number of nitrogens with zero attached hydrogens (tertiary/aromatic N) is 1. The number of carboxylic acids is 1. The number of carboxylic acid groups (broad SMARTS) is 1. The molecule has 100 valence electrons. The Morgan fingerprint density at radius 2 is 2.11 bits per heavy atom. The second kappa shape index (κ2) is 7.17. The van der Waals surface area contributed by atoms with Crippen molar-refractivity contribution in [1.29, 1.82) is 5.26 Å². The summed E-state index contributed by atoms with van der Waals surface area (Å²) >= 11 is 0. The summed E-state index contributed by atoms with van der Waals surface area (Å²) in [6.07, 6.45) is 0.371. The van der Waals surface area contributed by atoms with Gasteiger partial charge in [0, 0.05) is 6.42 Å². The van der Waals surface area contributed by atoms with Gasteiger partial charge in [0.05, 0.1) is 24.7 Å². The molecule has 0 aliphatic carbocycles. The number of esters is 1. The highest BCUT2D eigenvalue weighted by molar-refractivity contribution is 5.73. The average Bonchev–Trinajstić information content (AvgIpc) is 2.37. The zero-order valence-corrected chi connectivity index (χ0v) is 10.7. The molecule has 0 bridgehead atoms. The predicted octanol–water partition coefficient (Wildman–Crippen LogP) is 1.68. The first-order valence-corrected chi connectivity index (χ1v) is 5.96. The van der Waals surface area contributed by atoms with Crippen molar-refractivity contribution < 1.29 is 19.4 Å². The van der Waals surface area contributed by atoms with Gasteiger partial charge >= 0.3 is 11.9 Å². The Bertz CT molecular complexity index is 517. The summed E-state index contributed by atoms with van der Waals surface area (Å²) in [7, 11) is 0. The van der Waals surface area contributed by atoms with E-state index in [1.807, 2.05) is 6.07 Å². The number of ether oxygens (including phenoxy) is 1. The number of carbonyl (C=O) groups is 2. The highest BCUT2D eigenvalue weighted by Gasteiger charge is 2.11. The molecular weight excluding hydrogens is 246 g/mol. The van der Waals surface area contributed by atoms with Gasteiger partial charge < -0.3 is 9.84 Å². The van der Waals surface area contributed by atoms with Gasteiger partial charge in [-0.3, -0.25) is 9.59 Å². The Morgan fingerprint density at radius 3 is 2.68 bits per heavy atom. The highest BCUT2D eigenvalue weighted by atomic mass is 16.5. The molecule has 19 heavy (non-hydrogen) atoms. The monoisotopic (exact) mass is 261 g/mol. The number of carbonyl (C=O) groups excluding carboxylic acids is 1. The maximum atomic E-state index is 11.5. The van der Waals surface area contributed by atoms with Crippen LogP contribution >= 0.6 is 0 Å². The SMILES string of the molecule is CCOC(=O)Cc1cc(C#N)ccc1CCC(=O)O. The minimum atomic E-state index is -0.897. The maximum absolute atomic E-state index is 11.5. The van der Waals surface area contributed by atoms with Gasteiger partial charge in [-0.2, -0.15) is 5.26 Å². The van der Waals surface area contributed by atoms with E-state index in [0.29, 0.717) is 24.2 Å². The highest BCUT2D eigenvalue weighted by Crippen LogP contribution is 2.15. The molecule has 1 N–H and O–H groups in total. The third-order valence-electron chi connectivity index (χ3n) is 2.58. The fraction of sp³-hybridized carbons (Fsp3) is 0.357. The van der Waals surface area contributed by atoms with Gasteiger partial charge in [-0.1, -0.05) is 6.07 Å². The Balaban J connectivity index is 2.92. The molecular formula is C14H15NO4. The third kappa shape index (κ3) is 4.80. The first-order chi connectivity index (χ1) is 9.06. The van der Waals surface area contributed by atoms with E-state index in [9.17, 15) is 9.59 Å². The summed E-state index contributed by atoms with van der Waals surface area (Å²) in [5.74, 6) is -1.28. The first-order valence-electron chi connectivity index (χ1n) is 5.96. The molecule has 0 amide bonds. The summed E-state index contributed by atoms with van der Waals surface area (Å²) in [5, 5.41) is 17.5. The molecule has 0 spiro atoms. The second-order valence-corrected chi connectivity index (χ2v) is 3.97. The lowest BCUT2D eigenvalue weighted by Crippen LogP contribution is -2.10. The lowest BCUT2D eigenvalue weighted by Gasteiger charge is -2.09. The number of rotatable bonds is 6. The normalized spacial score (nSPS) is 9.68. The minimum Gasteiger partial charge on any atom is -0.481 e. The molecule has 0 saturated heterocycles. The predicted molar refractivity (Wildman–Crippen MR) is 67.5 cm³/mol. The summed E-state index contributed by atoms with van der Waals surface area (Å²) in [6.45, 7) is 2.01. The van der Waals surface area contributed by atoms with Crippen molar-refractivity contribution in [2.75, 3.05) is 6.61 Å². The Labute approximate surface area is 111 Å². The van der Waals surface area contributed by atoms with Gasteiger partial charge in [-0.05, 0) is 36.6 Å². The molecule has 5 heteroatoms. The topological polar surface area (TPSA) is 87.4 Å². The van der Waals surface area contributed by atoms with Gasteiger partial charge in [-0.15, -0.1) is 0 Å². The van der Waals surface area contributed by atoms with Crippen LogP contribution in [0.15, 0.2) is 18.2 Å². The van der Waals surface area contributed by atoms with Crippen molar-refractivity contribution in [3.8, 4) is 6.07 Å². The van der Waals surface area contributed by atoms with Gasteiger partial charge in [0.15, 0.2) is 0 Å². The molecule has 0 aromatic heterocycles. The number of nitriles is 1. The number of aryl methyl sites for hydroxylation is 1. The van der Waals surface area contributed by atoms with Crippen LogP contribution in [0.1, 0.15) is 30.0 Å². The molecule has 0 heterocycles. The van der Waals surface area contributed by atoms with E-state index in [-0.39, 0.29) is 18.8 Å². The number of hydrogen-bond acceptors (Lipinski definition) is 4. The van der Waals surface area contributed by atoms with Crippen molar-refractivity contribution in [2.24, 2.45) is 0 Å². The lowest BCUT2D eigenvalue weighted by atomic mass is 9.98. The smallest absolute Gasteiger partial charge is 0.310 e. The summed E-state index contributed by atoms with van der Waals surface area (Å²) in [4.78, 5) is 22.1. The average molecular weight is 261 g/mol. The molecule has 0 aliphatic heterocycles. The molecule has 1 aromatic carbocycles. The molecule has 0 saturated carbocycles. The fourth-order valence-corrected chi connectivity index (χ4v) is 1.71. The van der Waals surface area contributed by atoms with Gasteiger partial charge in [0.1, 0.15) is 0 Å². The van der Waals surface area contributed by atoms with E-state index in [1.54, 1.807) is 25.1 Å². The standard InChI is InChI=1S/C14H15NO4/c1-2-19-14(18)8-12-7-10(9-15)3-4-11(12)5-6-13(16)17/h3-4,7H,2,5-6,8H2,1H3,(H,16,17). The van der Waals surface area contributed by atoms with Crippen LogP contribution in [0.25, 0.3) is 0 Å². The van der Waals surface area contributed by atoms with E-state index in [4.69, 9.17) is 15.1 Å². The molecule has 1 rings (SSSR count). The van der Waals surface area contributed by atoms with Crippen LogP contribution in [0.3, 0.4) is 0 Å². The molecule has 0 unspecified atom stereocenters. The Hall–Kier alpha value is -2.35. The number of aliphatic carboxylic acids is 1. The van der Waals surface area contributed by atoms with Crippen molar-refractivity contribution >= 4 is 11.9 Å². The molecule has 0 atom stereocenters. The second-order valence-electron chi connectivity index (χ2n) is 3.97. The van der Waals surface area contributed by atoms with E-state index in [1.165, 1.54) is 0 Å². The number of hydrogen-bond donors (Lipinski definition) is 1. The largest absolute Gasteiger partial charge is 0.481 e. The van der Waals surface area contributed by atoms with Crippen LogP contribution in [0.5, 0.6) is 0 Å². The molecule has 0 radical (unpaired) electrons. The zero-order chi connectivity index (χ0) is 14.3. The Kier molecular flexibility index (Phi) is 5.55. The van der Waals surface area contributed by atoms with Crippen LogP contribution in [-0.2, 0) is 27.2 Å². The van der Waals surface area contributed by atoms with E-state index >= 15 is 0 Å². The van der Waals surface area contributed by atoms with Crippen LogP contribution in [0.2, 0.25) is 0 Å². The Morgan fingerprint density at radius 1 is 1.37 bits per heavy atom. The summed E-state index contributed by atoms with van der Waals surface area (Å²) in [5.41, 5.74) is 1.85. The lowest BCUT2D eigenvalue weighted by molar-refractivity contribution is -0.142. The van der Waals surface area contributed by atoms with Crippen LogP contribution in [0, 0.1) is 11.3 Å². The van der Waals surface area contributed by atoms with Gasteiger partial charge in [0.2, 0.25) is 0 Å². The quantitative estimate of drug-likeness (QED) is 0.787. The minimum absolute atomic E-state index is 0.0122. The maximum Gasteiger partial charge on any atom is 0.310 e. The van der Waals surface area contributed by atoms with Crippen molar-refractivity contribution in [3.63, 3.8) is 0 Å². The van der Waals surface area contributed by atoms with Crippen molar-refractivity contribution in [2.45, 2.75) is 26.2 Å². The van der Waals surface area contributed by atoms with Gasteiger partial charge in [-0.25, -0.2) is 0 Å². The molecule has 1 aromatic rings. The zero-order valence-electron chi connectivity index (χ0n) is 10.7. The van der Waals surface area contributed by atoms with Crippen molar-refractivity contribution in [3.05, 3.63) is 34.9 Å². The third-order valence-corrected chi connectivity index (χ3v) is 2.58.